The molecule has 4 aromatic rings. The van der Waals surface area contributed by atoms with Gasteiger partial charge in [-0.3, -0.25) is 4.79 Å². The van der Waals surface area contributed by atoms with E-state index in [-0.39, 0.29) is 0 Å². The first-order valence-corrected chi connectivity index (χ1v) is 9.24. The van der Waals surface area contributed by atoms with Crippen LogP contribution in [-0.2, 0) is 0 Å². The molecule has 0 fully saturated rings. The van der Waals surface area contributed by atoms with Crippen LogP contribution in [0.3, 0.4) is 0 Å². The zero-order chi connectivity index (χ0) is 18.8. The second-order valence-corrected chi connectivity index (χ2v) is 6.94. The van der Waals surface area contributed by atoms with Crippen molar-refractivity contribution in [1.29, 1.82) is 0 Å². The molecule has 2 heterocycles. The number of nitrogens with zero attached hydrogens (tertiary/aromatic N) is 2. The van der Waals surface area contributed by atoms with E-state index in [0.29, 0.717) is 28.0 Å². The van der Waals surface area contributed by atoms with Crippen molar-refractivity contribution in [2.24, 2.45) is 0 Å². The second kappa shape index (κ2) is 7.34. The number of rotatable bonds is 5. The van der Waals surface area contributed by atoms with E-state index < -0.39 is 0 Å². The van der Waals surface area contributed by atoms with Crippen molar-refractivity contribution in [1.82, 2.24) is 9.97 Å². The molecule has 5 nitrogen and oxygen atoms in total. The summed E-state index contributed by atoms with van der Waals surface area (Å²) in [5.74, 6) is 1.32. The highest BCUT2D eigenvalue weighted by molar-refractivity contribution is 7.17. The SMILES string of the molecule is COc1ccc(C=O)cc1Oc1ncnc2scc(-c3ccc(Cl)cc3)c12. The van der Waals surface area contributed by atoms with Gasteiger partial charge in [0, 0.05) is 21.5 Å². The van der Waals surface area contributed by atoms with Gasteiger partial charge in [-0.15, -0.1) is 11.3 Å². The number of ether oxygens (including phenoxy) is 2. The lowest BCUT2D eigenvalue weighted by Crippen LogP contribution is -1.95. The first-order chi connectivity index (χ1) is 13.2. The average molecular weight is 397 g/mol. The van der Waals surface area contributed by atoms with Crippen LogP contribution in [0, 0.1) is 0 Å². The van der Waals surface area contributed by atoms with Gasteiger partial charge in [0.15, 0.2) is 11.5 Å². The summed E-state index contributed by atoms with van der Waals surface area (Å²) in [6, 6.07) is 12.5. The van der Waals surface area contributed by atoms with Gasteiger partial charge in [0.25, 0.3) is 0 Å². The van der Waals surface area contributed by atoms with Crippen LogP contribution >= 0.6 is 22.9 Å². The number of thiophene rings is 1. The minimum atomic E-state index is 0.396. The van der Waals surface area contributed by atoms with Crippen molar-refractivity contribution >= 4 is 39.4 Å². The Morgan fingerprint density at radius 2 is 1.89 bits per heavy atom. The lowest BCUT2D eigenvalue weighted by molar-refractivity contribution is 0.112. The van der Waals surface area contributed by atoms with E-state index in [1.165, 1.54) is 17.7 Å². The van der Waals surface area contributed by atoms with Gasteiger partial charge in [-0.05, 0) is 35.9 Å². The molecule has 0 N–H and O–H groups in total. The molecule has 27 heavy (non-hydrogen) atoms. The van der Waals surface area contributed by atoms with E-state index in [2.05, 4.69) is 9.97 Å². The molecule has 0 spiro atoms. The number of carbonyl (C=O) groups is 1. The molecule has 0 bridgehead atoms. The van der Waals surface area contributed by atoms with E-state index in [0.717, 1.165) is 27.6 Å². The number of hydrogen-bond donors (Lipinski definition) is 0. The monoisotopic (exact) mass is 396 g/mol. The molecule has 0 amide bonds. The molecular formula is C20H13ClN2O3S. The molecule has 2 aromatic heterocycles. The van der Waals surface area contributed by atoms with E-state index in [1.807, 2.05) is 29.6 Å². The van der Waals surface area contributed by atoms with Crippen LogP contribution in [0.25, 0.3) is 21.3 Å². The fourth-order valence-electron chi connectivity index (χ4n) is 2.72. The van der Waals surface area contributed by atoms with Crippen molar-refractivity contribution < 1.29 is 14.3 Å². The molecule has 134 valence electrons. The molecule has 0 atom stereocenters. The van der Waals surface area contributed by atoms with Gasteiger partial charge in [0.1, 0.15) is 17.4 Å². The highest BCUT2D eigenvalue weighted by Gasteiger charge is 2.16. The number of benzene rings is 2. The fraction of sp³-hybridized carbons (Fsp3) is 0.0500. The topological polar surface area (TPSA) is 61.3 Å². The van der Waals surface area contributed by atoms with Crippen LogP contribution in [0.1, 0.15) is 10.4 Å². The summed E-state index contributed by atoms with van der Waals surface area (Å²) < 4.78 is 11.4. The number of methoxy groups -OCH3 is 1. The van der Waals surface area contributed by atoms with Crippen LogP contribution < -0.4 is 9.47 Å². The molecular weight excluding hydrogens is 384 g/mol. The van der Waals surface area contributed by atoms with Crippen LogP contribution in [0.4, 0.5) is 0 Å². The van der Waals surface area contributed by atoms with Gasteiger partial charge < -0.3 is 9.47 Å². The largest absolute Gasteiger partial charge is 0.493 e. The van der Waals surface area contributed by atoms with E-state index in [4.69, 9.17) is 21.1 Å². The predicted molar refractivity (Wildman–Crippen MR) is 106 cm³/mol. The van der Waals surface area contributed by atoms with Crippen LogP contribution in [0.15, 0.2) is 54.2 Å². The van der Waals surface area contributed by atoms with Gasteiger partial charge >= 0.3 is 0 Å². The van der Waals surface area contributed by atoms with Crippen LogP contribution in [-0.4, -0.2) is 23.4 Å². The van der Waals surface area contributed by atoms with Crippen LogP contribution in [0.2, 0.25) is 5.02 Å². The standard InChI is InChI=1S/C20H13ClN2O3S/c1-25-16-7-2-12(9-24)8-17(16)26-19-18-15(10-27-20(18)23-11-22-19)13-3-5-14(21)6-4-13/h2-11H,1H3. The molecule has 4 rings (SSSR count). The Kier molecular flexibility index (Phi) is 4.75. The second-order valence-electron chi connectivity index (χ2n) is 5.65. The molecule has 0 saturated carbocycles. The third-order valence-corrected chi connectivity index (χ3v) is 5.16. The Hall–Kier alpha value is -2.96. The molecule has 0 aliphatic rings. The Labute approximate surface area is 164 Å². The fourth-order valence-corrected chi connectivity index (χ4v) is 3.75. The maximum Gasteiger partial charge on any atom is 0.231 e. The maximum absolute atomic E-state index is 11.1. The minimum absolute atomic E-state index is 0.396. The van der Waals surface area contributed by atoms with E-state index in [1.54, 1.807) is 25.3 Å². The normalized spacial score (nSPS) is 10.7. The molecule has 0 aliphatic heterocycles. The lowest BCUT2D eigenvalue weighted by Gasteiger charge is -2.11. The molecule has 0 unspecified atom stereocenters. The number of fused-ring (bicyclic) bond motifs is 1. The van der Waals surface area contributed by atoms with Crippen molar-refractivity contribution in [3.8, 4) is 28.5 Å². The Morgan fingerprint density at radius 3 is 2.63 bits per heavy atom. The van der Waals surface area contributed by atoms with Gasteiger partial charge in [-0.2, -0.15) is 0 Å². The summed E-state index contributed by atoms with van der Waals surface area (Å²) in [5, 5.41) is 3.47. The molecule has 0 aliphatic carbocycles. The summed E-state index contributed by atoms with van der Waals surface area (Å²) in [6.45, 7) is 0. The maximum atomic E-state index is 11.1. The summed E-state index contributed by atoms with van der Waals surface area (Å²) in [5.41, 5.74) is 2.42. The van der Waals surface area contributed by atoms with Crippen molar-refractivity contribution in [2.75, 3.05) is 7.11 Å². The van der Waals surface area contributed by atoms with Gasteiger partial charge in [-0.25, -0.2) is 9.97 Å². The smallest absolute Gasteiger partial charge is 0.231 e. The molecule has 0 saturated heterocycles. The zero-order valence-electron chi connectivity index (χ0n) is 14.2. The summed E-state index contributed by atoms with van der Waals surface area (Å²) in [6.07, 6.45) is 2.21. The average Bonchev–Trinajstić information content (AvgIpc) is 3.14. The van der Waals surface area contributed by atoms with Crippen molar-refractivity contribution in [3.63, 3.8) is 0 Å². The lowest BCUT2D eigenvalue weighted by atomic mass is 10.1. The third kappa shape index (κ3) is 3.37. The number of carbonyl (C=O) groups excluding carboxylic acids is 1. The van der Waals surface area contributed by atoms with E-state index in [9.17, 15) is 4.79 Å². The predicted octanol–water partition coefficient (Wildman–Crippen LogP) is 5.63. The highest BCUT2D eigenvalue weighted by Crippen LogP contribution is 2.41. The van der Waals surface area contributed by atoms with Gasteiger partial charge in [0.2, 0.25) is 5.88 Å². The summed E-state index contributed by atoms with van der Waals surface area (Å²) in [4.78, 5) is 20.6. The summed E-state index contributed by atoms with van der Waals surface area (Å²) in [7, 11) is 1.54. The zero-order valence-corrected chi connectivity index (χ0v) is 15.8. The summed E-state index contributed by atoms with van der Waals surface area (Å²) >= 11 is 7.51. The Bertz CT molecular complexity index is 1130. The third-order valence-electron chi connectivity index (χ3n) is 4.02. The van der Waals surface area contributed by atoms with Gasteiger partial charge in [-0.1, -0.05) is 23.7 Å². The first kappa shape index (κ1) is 17.5. The number of halogens is 1. The first-order valence-electron chi connectivity index (χ1n) is 7.99. The van der Waals surface area contributed by atoms with Crippen molar-refractivity contribution in [3.05, 3.63) is 64.8 Å². The number of aldehydes is 1. The van der Waals surface area contributed by atoms with Gasteiger partial charge in [0.05, 0.1) is 12.5 Å². The van der Waals surface area contributed by atoms with Crippen molar-refractivity contribution in [2.45, 2.75) is 0 Å². The minimum Gasteiger partial charge on any atom is -0.493 e. The Balaban J connectivity index is 1.84. The molecule has 2 aromatic carbocycles. The molecule has 0 radical (unpaired) electrons. The number of aromatic nitrogens is 2. The molecule has 7 heteroatoms. The quantitative estimate of drug-likeness (QED) is 0.409. The van der Waals surface area contributed by atoms with E-state index >= 15 is 0 Å². The highest BCUT2D eigenvalue weighted by atomic mass is 35.5. The van der Waals surface area contributed by atoms with Crippen LogP contribution in [0.5, 0.6) is 17.4 Å². The Morgan fingerprint density at radius 1 is 1.07 bits per heavy atom. The number of hydrogen-bond acceptors (Lipinski definition) is 6.